The van der Waals surface area contributed by atoms with Gasteiger partial charge >= 0.3 is 0 Å². The average Bonchev–Trinajstić information content (AvgIpc) is 2.35. The molecule has 3 heteroatoms. The minimum atomic E-state index is 0.655. The van der Waals surface area contributed by atoms with Gasteiger partial charge in [0, 0.05) is 6.07 Å². The van der Waals surface area contributed by atoms with Crippen molar-refractivity contribution in [1.29, 1.82) is 0 Å². The molecule has 0 saturated carbocycles. The van der Waals surface area contributed by atoms with Crippen LogP contribution in [-0.2, 0) is 6.42 Å². The number of hydrogen-bond acceptors (Lipinski definition) is 2. The zero-order valence-corrected chi connectivity index (χ0v) is 12.9. The van der Waals surface area contributed by atoms with Gasteiger partial charge in [-0.2, -0.15) is 0 Å². The average molecular weight is 313 g/mol. The Morgan fingerprint density at radius 1 is 1.11 bits per heavy atom. The fourth-order valence-corrected chi connectivity index (χ4v) is 2.24. The molecule has 0 amide bonds. The maximum atomic E-state index is 5.68. The standard InChI is InChI=1S/C15H21BrO2/c1-4-7-8-9-12-10-13(16)15(18-6-3)11-14(12)17-5-2/h4,7,10-11H,5-6,8-9H2,1-3H3/b7-4-. The summed E-state index contributed by atoms with van der Waals surface area (Å²) >= 11 is 3.54. The molecule has 0 heterocycles. The molecule has 0 unspecified atom stereocenters. The van der Waals surface area contributed by atoms with Crippen LogP contribution in [0.1, 0.15) is 32.8 Å². The van der Waals surface area contributed by atoms with Crippen molar-refractivity contribution in [2.45, 2.75) is 33.6 Å². The number of halogens is 1. The van der Waals surface area contributed by atoms with Crippen LogP contribution in [-0.4, -0.2) is 13.2 Å². The molecule has 1 aromatic rings. The zero-order chi connectivity index (χ0) is 13.4. The SMILES string of the molecule is C/C=C\CCc1cc(Br)c(OCC)cc1OCC. The van der Waals surface area contributed by atoms with Gasteiger partial charge in [-0.3, -0.25) is 0 Å². The Balaban J connectivity index is 2.95. The van der Waals surface area contributed by atoms with E-state index < -0.39 is 0 Å². The van der Waals surface area contributed by atoms with E-state index in [2.05, 4.69) is 34.1 Å². The molecule has 1 aromatic carbocycles. The lowest BCUT2D eigenvalue weighted by atomic mass is 10.1. The molecule has 100 valence electrons. The summed E-state index contributed by atoms with van der Waals surface area (Å²) in [6, 6.07) is 4.07. The van der Waals surface area contributed by atoms with E-state index in [1.54, 1.807) is 0 Å². The van der Waals surface area contributed by atoms with Crippen LogP contribution in [0.4, 0.5) is 0 Å². The largest absolute Gasteiger partial charge is 0.493 e. The van der Waals surface area contributed by atoms with E-state index in [-0.39, 0.29) is 0 Å². The van der Waals surface area contributed by atoms with E-state index >= 15 is 0 Å². The molecule has 0 N–H and O–H groups in total. The van der Waals surface area contributed by atoms with Crippen molar-refractivity contribution < 1.29 is 9.47 Å². The van der Waals surface area contributed by atoms with Crippen molar-refractivity contribution >= 4 is 15.9 Å². The quantitative estimate of drug-likeness (QED) is 0.676. The van der Waals surface area contributed by atoms with Crippen LogP contribution in [0.25, 0.3) is 0 Å². The van der Waals surface area contributed by atoms with Gasteiger partial charge in [-0.05, 0) is 61.2 Å². The molecule has 1 rings (SSSR count). The lowest BCUT2D eigenvalue weighted by Crippen LogP contribution is -2.00. The van der Waals surface area contributed by atoms with E-state index in [0.717, 1.165) is 28.8 Å². The van der Waals surface area contributed by atoms with E-state index in [1.165, 1.54) is 5.56 Å². The highest BCUT2D eigenvalue weighted by Crippen LogP contribution is 2.34. The summed E-state index contributed by atoms with van der Waals surface area (Å²) in [7, 11) is 0. The number of hydrogen-bond donors (Lipinski definition) is 0. The summed E-state index contributed by atoms with van der Waals surface area (Å²) in [5.41, 5.74) is 1.21. The third-order valence-corrected chi connectivity index (χ3v) is 3.15. The fourth-order valence-electron chi connectivity index (χ4n) is 1.73. The normalized spacial score (nSPS) is 10.9. The Labute approximate surface area is 118 Å². The third kappa shape index (κ3) is 4.37. The van der Waals surface area contributed by atoms with E-state index in [9.17, 15) is 0 Å². The van der Waals surface area contributed by atoms with Gasteiger partial charge in [0.2, 0.25) is 0 Å². The monoisotopic (exact) mass is 312 g/mol. The Kier molecular flexibility index (Phi) is 6.88. The van der Waals surface area contributed by atoms with Crippen molar-refractivity contribution in [1.82, 2.24) is 0 Å². The van der Waals surface area contributed by atoms with E-state index in [0.29, 0.717) is 13.2 Å². The summed E-state index contributed by atoms with van der Waals surface area (Å²) in [5.74, 6) is 1.77. The molecule has 0 bridgehead atoms. The maximum Gasteiger partial charge on any atom is 0.137 e. The second-order valence-electron chi connectivity index (χ2n) is 3.86. The Morgan fingerprint density at radius 3 is 2.39 bits per heavy atom. The molecule has 0 atom stereocenters. The third-order valence-electron chi connectivity index (χ3n) is 2.53. The number of allylic oxidation sites excluding steroid dienone is 2. The molecular weight excluding hydrogens is 292 g/mol. The highest BCUT2D eigenvalue weighted by atomic mass is 79.9. The molecule has 0 fully saturated rings. The van der Waals surface area contributed by atoms with Crippen LogP contribution in [0.5, 0.6) is 11.5 Å². The second-order valence-corrected chi connectivity index (χ2v) is 4.72. The summed E-state index contributed by atoms with van der Waals surface area (Å²) in [6.07, 6.45) is 6.24. The van der Waals surface area contributed by atoms with Crippen LogP contribution in [0, 0.1) is 0 Å². The Morgan fingerprint density at radius 2 is 1.78 bits per heavy atom. The van der Waals surface area contributed by atoms with Crippen molar-refractivity contribution in [2.75, 3.05) is 13.2 Å². The number of rotatable bonds is 7. The minimum absolute atomic E-state index is 0.655. The van der Waals surface area contributed by atoms with Gasteiger partial charge in [0.05, 0.1) is 17.7 Å². The Bertz CT molecular complexity index is 400. The summed E-state index contributed by atoms with van der Waals surface area (Å²) in [6.45, 7) is 7.34. The molecule has 0 aromatic heterocycles. The molecule has 0 radical (unpaired) electrons. The first-order valence-corrected chi connectivity index (χ1v) is 7.21. The predicted molar refractivity (Wildman–Crippen MR) is 79.6 cm³/mol. The van der Waals surface area contributed by atoms with Crippen LogP contribution in [0.3, 0.4) is 0 Å². The summed E-state index contributed by atoms with van der Waals surface area (Å²) < 4.78 is 12.2. The van der Waals surface area contributed by atoms with E-state index in [1.807, 2.05) is 26.8 Å². The highest BCUT2D eigenvalue weighted by molar-refractivity contribution is 9.10. The zero-order valence-electron chi connectivity index (χ0n) is 11.3. The van der Waals surface area contributed by atoms with Gasteiger partial charge in [-0.1, -0.05) is 12.2 Å². The molecule has 0 aliphatic rings. The van der Waals surface area contributed by atoms with Gasteiger partial charge in [0.25, 0.3) is 0 Å². The summed E-state index contributed by atoms with van der Waals surface area (Å²) in [5, 5.41) is 0. The lowest BCUT2D eigenvalue weighted by molar-refractivity contribution is 0.319. The highest BCUT2D eigenvalue weighted by Gasteiger charge is 2.09. The van der Waals surface area contributed by atoms with Crippen molar-refractivity contribution in [3.63, 3.8) is 0 Å². The minimum Gasteiger partial charge on any atom is -0.493 e. The Hall–Kier alpha value is -0.960. The van der Waals surface area contributed by atoms with Gasteiger partial charge in [-0.15, -0.1) is 0 Å². The summed E-state index contributed by atoms with van der Waals surface area (Å²) in [4.78, 5) is 0. The van der Waals surface area contributed by atoms with Gasteiger partial charge < -0.3 is 9.47 Å². The first kappa shape index (κ1) is 15.1. The van der Waals surface area contributed by atoms with E-state index in [4.69, 9.17) is 9.47 Å². The number of aryl methyl sites for hydroxylation is 1. The smallest absolute Gasteiger partial charge is 0.137 e. The number of ether oxygens (including phenoxy) is 2. The molecule has 0 spiro atoms. The molecule has 0 aliphatic carbocycles. The van der Waals surface area contributed by atoms with Crippen LogP contribution >= 0.6 is 15.9 Å². The molecule has 18 heavy (non-hydrogen) atoms. The van der Waals surface area contributed by atoms with Crippen molar-refractivity contribution in [2.24, 2.45) is 0 Å². The molecular formula is C15H21BrO2. The van der Waals surface area contributed by atoms with Crippen molar-refractivity contribution in [3.8, 4) is 11.5 Å². The fraction of sp³-hybridized carbons (Fsp3) is 0.467. The van der Waals surface area contributed by atoms with Gasteiger partial charge in [0.15, 0.2) is 0 Å². The van der Waals surface area contributed by atoms with Crippen LogP contribution in [0.15, 0.2) is 28.8 Å². The van der Waals surface area contributed by atoms with Crippen LogP contribution in [0.2, 0.25) is 0 Å². The predicted octanol–water partition coefficient (Wildman–Crippen LogP) is 4.76. The second kappa shape index (κ2) is 8.20. The van der Waals surface area contributed by atoms with Crippen LogP contribution < -0.4 is 9.47 Å². The van der Waals surface area contributed by atoms with Gasteiger partial charge in [-0.25, -0.2) is 0 Å². The molecule has 2 nitrogen and oxygen atoms in total. The topological polar surface area (TPSA) is 18.5 Å². The first-order valence-electron chi connectivity index (χ1n) is 6.42. The molecule has 0 saturated heterocycles. The van der Waals surface area contributed by atoms with Crippen molar-refractivity contribution in [3.05, 3.63) is 34.3 Å². The molecule has 0 aliphatic heterocycles. The maximum absolute atomic E-state index is 5.68. The lowest BCUT2D eigenvalue weighted by Gasteiger charge is -2.14. The van der Waals surface area contributed by atoms with Gasteiger partial charge in [0.1, 0.15) is 11.5 Å². The first-order chi connectivity index (χ1) is 8.72. The number of benzene rings is 1.